The van der Waals surface area contributed by atoms with Crippen LogP contribution in [0.1, 0.15) is 12.5 Å². The Morgan fingerprint density at radius 2 is 2.25 bits per heavy atom. The molecule has 0 heterocycles. The summed E-state index contributed by atoms with van der Waals surface area (Å²) in [5.74, 6) is -0.901. The first-order valence-electron chi connectivity index (χ1n) is 4.65. The zero-order valence-corrected chi connectivity index (χ0v) is 9.07. The number of benzene rings is 1. The lowest BCUT2D eigenvalue weighted by atomic mass is 9.95. The van der Waals surface area contributed by atoms with E-state index < -0.39 is 22.0 Å². The molecule has 0 fully saturated rings. The molecule has 1 aromatic carbocycles. The van der Waals surface area contributed by atoms with Crippen LogP contribution in [0.2, 0.25) is 0 Å². The van der Waals surface area contributed by atoms with E-state index in [4.69, 9.17) is 10.5 Å². The molecule has 1 unspecified atom stereocenters. The highest BCUT2D eigenvalue weighted by atomic mass is 19.1. The van der Waals surface area contributed by atoms with Crippen molar-refractivity contribution in [3.05, 3.63) is 39.7 Å². The number of halogens is 1. The monoisotopic (exact) mass is 228 g/mol. The minimum Gasteiger partial charge on any atom is -0.372 e. The molecule has 88 valence electrons. The predicted octanol–water partition coefficient (Wildman–Crippen LogP) is 1.55. The molecule has 5 nitrogen and oxygen atoms in total. The third-order valence-corrected chi connectivity index (χ3v) is 2.58. The zero-order chi connectivity index (χ0) is 12.3. The van der Waals surface area contributed by atoms with Gasteiger partial charge in [0.2, 0.25) is 5.82 Å². The summed E-state index contributed by atoms with van der Waals surface area (Å²) in [5.41, 5.74) is 3.94. The Morgan fingerprint density at radius 1 is 1.62 bits per heavy atom. The van der Waals surface area contributed by atoms with E-state index in [9.17, 15) is 14.5 Å². The number of hydrogen-bond donors (Lipinski definition) is 1. The molecular formula is C10H13FN2O3. The molecule has 1 atom stereocenters. The van der Waals surface area contributed by atoms with Crippen LogP contribution in [0.3, 0.4) is 0 Å². The van der Waals surface area contributed by atoms with Crippen LogP contribution in [0, 0.1) is 15.9 Å². The van der Waals surface area contributed by atoms with Crippen molar-refractivity contribution in [3.8, 4) is 0 Å². The maximum absolute atomic E-state index is 13.8. The second-order valence-corrected chi connectivity index (χ2v) is 3.53. The fraction of sp³-hybridized carbons (Fsp3) is 0.400. The molecule has 1 aromatic rings. The second kappa shape index (κ2) is 4.54. The molecule has 0 saturated carbocycles. The Bertz CT molecular complexity index is 405. The molecule has 0 bridgehead atoms. The van der Waals surface area contributed by atoms with Gasteiger partial charge in [0.05, 0.1) is 4.92 Å². The predicted molar refractivity (Wildman–Crippen MR) is 56.5 cm³/mol. The molecule has 6 heteroatoms. The third-order valence-electron chi connectivity index (χ3n) is 2.58. The summed E-state index contributed by atoms with van der Waals surface area (Å²) in [7, 11) is 1.38. The van der Waals surface area contributed by atoms with E-state index in [0.717, 1.165) is 6.07 Å². The number of methoxy groups -OCH3 is 1. The Balaban J connectivity index is 3.35. The van der Waals surface area contributed by atoms with Crippen molar-refractivity contribution >= 4 is 5.69 Å². The minimum absolute atomic E-state index is 0.0294. The van der Waals surface area contributed by atoms with Gasteiger partial charge in [-0.3, -0.25) is 10.1 Å². The number of nitrogens with two attached hydrogens (primary N) is 1. The van der Waals surface area contributed by atoms with Gasteiger partial charge in [-0.15, -0.1) is 0 Å². The van der Waals surface area contributed by atoms with Gasteiger partial charge >= 0.3 is 5.69 Å². The molecule has 0 aliphatic rings. The molecule has 0 spiro atoms. The number of nitrogens with zero attached hydrogens (tertiary/aromatic N) is 1. The highest BCUT2D eigenvalue weighted by Crippen LogP contribution is 2.30. The van der Waals surface area contributed by atoms with E-state index in [2.05, 4.69) is 0 Å². The summed E-state index contributed by atoms with van der Waals surface area (Å²) < 4.78 is 18.9. The third kappa shape index (κ3) is 2.02. The number of hydrogen-bond acceptors (Lipinski definition) is 4. The maximum Gasteiger partial charge on any atom is 0.305 e. The van der Waals surface area contributed by atoms with Crippen molar-refractivity contribution in [1.29, 1.82) is 0 Å². The van der Waals surface area contributed by atoms with Crippen molar-refractivity contribution in [3.63, 3.8) is 0 Å². The van der Waals surface area contributed by atoms with Crippen molar-refractivity contribution in [2.45, 2.75) is 12.5 Å². The Labute approximate surface area is 92.2 Å². The summed E-state index contributed by atoms with van der Waals surface area (Å²) >= 11 is 0. The topological polar surface area (TPSA) is 78.4 Å². The van der Waals surface area contributed by atoms with Crippen molar-refractivity contribution in [2.24, 2.45) is 5.73 Å². The van der Waals surface area contributed by atoms with Crippen LogP contribution < -0.4 is 5.73 Å². The molecule has 0 saturated heterocycles. The van der Waals surface area contributed by atoms with Gasteiger partial charge in [0, 0.05) is 25.3 Å². The quantitative estimate of drug-likeness (QED) is 0.626. The van der Waals surface area contributed by atoms with Crippen molar-refractivity contribution in [1.82, 2.24) is 0 Å². The summed E-state index contributed by atoms with van der Waals surface area (Å²) in [6.45, 7) is 1.61. The van der Waals surface area contributed by atoms with E-state index in [1.54, 1.807) is 6.92 Å². The SMILES string of the molecule is COC(C)(CN)c1cccc([N+](=O)[O-])c1F. The highest BCUT2D eigenvalue weighted by Gasteiger charge is 2.31. The highest BCUT2D eigenvalue weighted by molar-refractivity contribution is 5.39. The standard InChI is InChI=1S/C10H13FN2O3/c1-10(6-12,16-2)7-4-3-5-8(9(7)11)13(14)15/h3-5H,6,12H2,1-2H3. The van der Waals surface area contributed by atoms with E-state index >= 15 is 0 Å². The molecule has 0 aliphatic carbocycles. The fourth-order valence-electron chi connectivity index (χ4n) is 1.37. The average molecular weight is 228 g/mol. The van der Waals surface area contributed by atoms with Crippen molar-refractivity contribution < 1.29 is 14.1 Å². The maximum atomic E-state index is 13.8. The van der Waals surface area contributed by atoms with Gasteiger partial charge in [0.25, 0.3) is 0 Å². The van der Waals surface area contributed by atoms with Crippen LogP contribution in [-0.4, -0.2) is 18.6 Å². The largest absolute Gasteiger partial charge is 0.372 e. The molecule has 16 heavy (non-hydrogen) atoms. The van der Waals surface area contributed by atoms with Gasteiger partial charge in [-0.2, -0.15) is 4.39 Å². The lowest BCUT2D eigenvalue weighted by molar-refractivity contribution is -0.387. The lowest BCUT2D eigenvalue weighted by Gasteiger charge is -2.26. The van der Waals surface area contributed by atoms with Crippen LogP contribution in [0.5, 0.6) is 0 Å². The summed E-state index contributed by atoms with van der Waals surface area (Å²) in [5, 5.41) is 10.6. The second-order valence-electron chi connectivity index (χ2n) is 3.53. The molecule has 0 amide bonds. The summed E-state index contributed by atoms with van der Waals surface area (Å²) in [6, 6.07) is 3.94. The number of nitro benzene ring substituents is 1. The Kier molecular flexibility index (Phi) is 3.56. The van der Waals surface area contributed by atoms with Gasteiger partial charge in [-0.05, 0) is 6.92 Å². The molecule has 1 rings (SSSR count). The van der Waals surface area contributed by atoms with E-state index in [0.29, 0.717) is 0 Å². The van der Waals surface area contributed by atoms with Gasteiger partial charge < -0.3 is 10.5 Å². The first-order chi connectivity index (χ1) is 7.46. The Morgan fingerprint density at radius 3 is 2.69 bits per heavy atom. The van der Waals surface area contributed by atoms with Crippen LogP contribution in [0.4, 0.5) is 10.1 Å². The van der Waals surface area contributed by atoms with Crippen molar-refractivity contribution in [2.75, 3.05) is 13.7 Å². The van der Waals surface area contributed by atoms with E-state index in [-0.39, 0.29) is 12.1 Å². The lowest BCUT2D eigenvalue weighted by Crippen LogP contribution is -2.34. The molecule has 0 aromatic heterocycles. The summed E-state index contributed by atoms with van der Waals surface area (Å²) in [6.07, 6.45) is 0. The van der Waals surface area contributed by atoms with Crippen LogP contribution >= 0.6 is 0 Å². The molecule has 0 aliphatic heterocycles. The smallest absolute Gasteiger partial charge is 0.305 e. The van der Waals surface area contributed by atoms with Gasteiger partial charge in [0.1, 0.15) is 5.60 Å². The molecular weight excluding hydrogens is 215 g/mol. The normalized spacial score (nSPS) is 14.5. The first-order valence-corrected chi connectivity index (χ1v) is 4.65. The number of nitro groups is 1. The average Bonchev–Trinajstić information content (AvgIpc) is 2.28. The first kappa shape index (κ1) is 12.5. The van der Waals surface area contributed by atoms with Crippen LogP contribution in [0.15, 0.2) is 18.2 Å². The molecule has 0 radical (unpaired) electrons. The van der Waals surface area contributed by atoms with E-state index in [1.807, 2.05) is 0 Å². The Hall–Kier alpha value is -1.53. The van der Waals surface area contributed by atoms with Crippen LogP contribution in [-0.2, 0) is 10.3 Å². The number of rotatable bonds is 4. The number of ether oxygens (including phenoxy) is 1. The molecule has 2 N–H and O–H groups in total. The van der Waals surface area contributed by atoms with Gasteiger partial charge in [-0.25, -0.2) is 0 Å². The minimum atomic E-state index is -1.06. The fourth-order valence-corrected chi connectivity index (χ4v) is 1.37. The van der Waals surface area contributed by atoms with E-state index in [1.165, 1.54) is 19.2 Å². The van der Waals surface area contributed by atoms with Crippen LogP contribution in [0.25, 0.3) is 0 Å². The van der Waals surface area contributed by atoms with Gasteiger partial charge in [-0.1, -0.05) is 12.1 Å². The zero-order valence-electron chi connectivity index (χ0n) is 9.07. The van der Waals surface area contributed by atoms with Gasteiger partial charge in [0.15, 0.2) is 0 Å². The summed E-state index contributed by atoms with van der Waals surface area (Å²) in [4.78, 5) is 9.80.